The Hall–Kier alpha value is -1.35. The van der Waals surface area contributed by atoms with Gasteiger partial charge in [0.2, 0.25) is 0 Å². The molecule has 0 amide bonds. The van der Waals surface area contributed by atoms with Gasteiger partial charge in [0, 0.05) is 24.3 Å². The van der Waals surface area contributed by atoms with Crippen molar-refractivity contribution in [2.45, 2.75) is 19.9 Å². The van der Waals surface area contributed by atoms with Crippen LogP contribution in [0.1, 0.15) is 12.0 Å². The lowest BCUT2D eigenvalue weighted by Gasteiger charge is -2.02. The molecule has 0 unspecified atom stereocenters. The van der Waals surface area contributed by atoms with Crippen molar-refractivity contribution >= 4 is 11.0 Å². The number of nitrogens with zero attached hydrogens (tertiary/aromatic N) is 2. The van der Waals surface area contributed by atoms with Gasteiger partial charge in [0.05, 0.1) is 0 Å². The third-order valence-electron chi connectivity index (χ3n) is 2.34. The van der Waals surface area contributed by atoms with Crippen LogP contribution in [0.2, 0.25) is 0 Å². The summed E-state index contributed by atoms with van der Waals surface area (Å²) in [4.78, 5) is 4.42. The van der Waals surface area contributed by atoms with E-state index in [2.05, 4.69) is 34.8 Å². The Morgan fingerprint density at radius 1 is 1.50 bits per heavy atom. The molecule has 0 saturated carbocycles. The number of hydrogen-bond donors (Lipinski definition) is 1. The Labute approximate surface area is 83.6 Å². The van der Waals surface area contributed by atoms with E-state index in [1.807, 2.05) is 6.20 Å². The first-order valence-corrected chi connectivity index (χ1v) is 4.93. The summed E-state index contributed by atoms with van der Waals surface area (Å²) in [7, 11) is 0. The summed E-state index contributed by atoms with van der Waals surface area (Å²) in [5.41, 5.74) is 7.74. The molecule has 0 saturated heterocycles. The molecule has 3 nitrogen and oxygen atoms in total. The van der Waals surface area contributed by atoms with Gasteiger partial charge in [-0.3, -0.25) is 0 Å². The second kappa shape index (κ2) is 3.80. The van der Waals surface area contributed by atoms with E-state index in [0.717, 1.165) is 25.2 Å². The average molecular weight is 189 g/mol. The van der Waals surface area contributed by atoms with E-state index < -0.39 is 0 Å². The number of rotatable bonds is 3. The van der Waals surface area contributed by atoms with E-state index in [9.17, 15) is 0 Å². The molecule has 0 aromatic carbocycles. The van der Waals surface area contributed by atoms with Crippen molar-refractivity contribution in [3.8, 4) is 0 Å². The van der Waals surface area contributed by atoms with Gasteiger partial charge in [-0.05, 0) is 37.6 Å². The SMILES string of the molecule is Cc1cnc2c(ccn2CCCN)c1. The van der Waals surface area contributed by atoms with Gasteiger partial charge >= 0.3 is 0 Å². The molecule has 2 aromatic rings. The number of aromatic nitrogens is 2. The van der Waals surface area contributed by atoms with Crippen LogP contribution in [0.5, 0.6) is 0 Å². The highest BCUT2D eigenvalue weighted by atomic mass is 15.0. The molecule has 2 N–H and O–H groups in total. The highest BCUT2D eigenvalue weighted by Gasteiger charge is 2.01. The molecule has 0 bridgehead atoms. The molecule has 3 heteroatoms. The summed E-state index contributed by atoms with van der Waals surface area (Å²) in [5, 5.41) is 1.21. The molecule has 0 atom stereocenters. The van der Waals surface area contributed by atoms with E-state index in [1.165, 1.54) is 10.9 Å². The summed E-state index contributed by atoms with van der Waals surface area (Å²) < 4.78 is 2.15. The van der Waals surface area contributed by atoms with Crippen molar-refractivity contribution in [2.75, 3.05) is 6.54 Å². The maximum atomic E-state index is 5.48. The maximum absolute atomic E-state index is 5.48. The molecule has 14 heavy (non-hydrogen) atoms. The zero-order valence-electron chi connectivity index (χ0n) is 8.40. The smallest absolute Gasteiger partial charge is 0.139 e. The van der Waals surface area contributed by atoms with Crippen molar-refractivity contribution in [3.63, 3.8) is 0 Å². The minimum Gasteiger partial charge on any atom is -0.332 e. The fourth-order valence-corrected chi connectivity index (χ4v) is 1.63. The topological polar surface area (TPSA) is 43.8 Å². The van der Waals surface area contributed by atoms with Gasteiger partial charge < -0.3 is 10.3 Å². The average Bonchev–Trinajstić information content (AvgIpc) is 2.57. The van der Waals surface area contributed by atoms with Crippen molar-refractivity contribution in [1.29, 1.82) is 0 Å². The molecule has 0 aliphatic rings. The molecular formula is C11H15N3. The third kappa shape index (κ3) is 1.63. The molecule has 0 aliphatic carbocycles. The zero-order valence-corrected chi connectivity index (χ0v) is 8.40. The van der Waals surface area contributed by atoms with E-state index in [1.54, 1.807) is 0 Å². The molecule has 0 aliphatic heterocycles. The molecule has 2 aromatic heterocycles. The molecule has 2 heterocycles. The standard InChI is InChI=1S/C11H15N3/c1-9-7-10-3-6-14(5-2-4-12)11(10)13-8-9/h3,6-8H,2,4-5,12H2,1H3. The van der Waals surface area contributed by atoms with Crippen LogP contribution in [0.25, 0.3) is 11.0 Å². The van der Waals surface area contributed by atoms with Gasteiger partial charge in [0.15, 0.2) is 0 Å². The summed E-state index contributed by atoms with van der Waals surface area (Å²) in [6, 6.07) is 4.26. The summed E-state index contributed by atoms with van der Waals surface area (Å²) in [6.45, 7) is 3.74. The number of fused-ring (bicyclic) bond motifs is 1. The Balaban J connectivity index is 2.37. The van der Waals surface area contributed by atoms with Gasteiger partial charge in [-0.1, -0.05) is 0 Å². The molecule has 0 spiro atoms. The second-order valence-corrected chi connectivity index (χ2v) is 3.58. The number of pyridine rings is 1. The quantitative estimate of drug-likeness (QED) is 0.798. The predicted molar refractivity (Wildman–Crippen MR) is 58.1 cm³/mol. The van der Waals surface area contributed by atoms with E-state index in [-0.39, 0.29) is 0 Å². The number of nitrogens with two attached hydrogens (primary N) is 1. The molecule has 2 rings (SSSR count). The van der Waals surface area contributed by atoms with Crippen LogP contribution in [-0.2, 0) is 6.54 Å². The minimum atomic E-state index is 0.728. The first-order valence-electron chi connectivity index (χ1n) is 4.93. The lowest BCUT2D eigenvalue weighted by molar-refractivity contribution is 0.666. The van der Waals surface area contributed by atoms with Crippen LogP contribution in [0.4, 0.5) is 0 Å². The van der Waals surface area contributed by atoms with Crippen LogP contribution < -0.4 is 5.73 Å². The van der Waals surface area contributed by atoms with Crippen LogP contribution in [0, 0.1) is 6.92 Å². The summed E-state index contributed by atoms with van der Waals surface area (Å²) >= 11 is 0. The van der Waals surface area contributed by atoms with E-state index >= 15 is 0 Å². The van der Waals surface area contributed by atoms with Crippen molar-refractivity contribution in [1.82, 2.24) is 9.55 Å². The first kappa shape index (κ1) is 9.21. The third-order valence-corrected chi connectivity index (χ3v) is 2.34. The number of aryl methyl sites for hydroxylation is 2. The van der Waals surface area contributed by atoms with Crippen molar-refractivity contribution < 1.29 is 0 Å². The minimum absolute atomic E-state index is 0.728. The summed E-state index contributed by atoms with van der Waals surface area (Å²) in [5.74, 6) is 0. The zero-order chi connectivity index (χ0) is 9.97. The highest BCUT2D eigenvalue weighted by Crippen LogP contribution is 2.14. The Morgan fingerprint density at radius 2 is 2.36 bits per heavy atom. The molecular weight excluding hydrogens is 174 g/mol. The van der Waals surface area contributed by atoms with Gasteiger partial charge in [0.1, 0.15) is 5.65 Å². The fraction of sp³-hybridized carbons (Fsp3) is 0.364. The highest BCUT2D eigenvalue weighted by molar-refractivity contribution is 5.76. The van der Waals surface area contributed by atoms with Crippen molar-refractivity contribution in [3.05, 3.63) is 30.1 Å². The second-order valence-electron chi connectivity index (χ2n) is 3.58. The van der Waals surface area contributed by atoms with Gasteiger partial charge in [-0.2, -0.15) is 0 Å². The number of hydrogen-bond acceptors (Lipinski definition) is 2. The molecule has 74 valence electrons. The van der Waals surface area contributed by atoms with Gasteiger partial charge in [0.25, 0.3) is 0 Å². The van der Waals surface area contributed by atoms with Crippen LogP contribution >= 0.6 is 0 Å². The van der Waals surface area contributed by atoms with Crippen LogP contribution in [0.15, 0.2) is 24.5 Å². The maximum Gasteiger partial charge on any atom is 0.139 e. The Morgan fingerprint density at radius 3 is 3.14 bits per heavy atom. The normalized spacial score (nSPS) is 11.0. The molecule has 0 radical (unpaired) electrons. The Bertz CT molecular complexity index is 431. The Kier molecular flexibility index (Phi) is 2.50. The molecule has 0 fully saturated rings. The van der Waals surface area contributed by atoms with E-state index in [0.29, 0.717) is 0 Å². The lowest BCUT2D eigenvalue weighted by Crippen LogP contribution is -2.05. The fourth-order valence-electron chi connectivity index (χ4n) is 1.63. The van der Waals surface area contributed by atoms with Crippen LogP contribution in [-0.4, -0.2) is 16.1 Å². The summed E-state index contributed by atoms with van der Waals surface area (Å²) in [6.07, 6.45) is 4.98. The largest absolute Gasteiger partial charge is 0.332 e. The lowest BCUT2D eigenvalue weighted by atomic mass is 10.2. The first-order chi connectivity index (χ1) is 6.81. The van der Waals surface area contributed by atoms with Gasteiger partial charge in [-0.15, -0.1) is 0 Å². The van der Waals surface area contributed by atoms with Gasteiger partial charge in [-0.25, -0.2) is 4.98 Å². The van der Waals surface area contributed by atoms with Crippen LogP contribution in [0.3, 0.4) is 0 Å². The monoisotopic (exact) mass is 189 g/mol. The van der Waals surface area contributed by atoms with E-state index in [4.69, 9.17) is 5.73 Å². The van der Waals surface area contributed by atoms with Crippen molar-refractivity contribution in [2.24, 2.45) is 5.73 Å². The predicted octanol–water partition coefficient (Wildman–Crippen LogP) is 1.69.